The van der Waals surface area contributed by atoms with Gasteiger partial charge in [0.25, 0.3) is 0 Å². The number of benzene rings is 2. The molecule has 0 aromatic heterocycles. The normalized spacial score (nSPS) is 12.8. The molecule has 2 aromatic rings. The van der Waals surface area contributed by atoms with Gasteiger partial charge in [0.1, 0.15) is 0 Å². The summed E-state index contributed by atoms with van der Waals surface area (Å²) >= 11 is 0.0303. The minimum Gasteiger partial charge on any atom is -1.00 e. The molecule has 0 aliphatic heterocycles. The minimum atomic E-state index is -0.0916. The van der Waals surface area contributed by atoms with Crippen LogP contribution in [0.15, 0.2) is 76.2 Å². The van der Waals surface area contributed by atoms with Crippen LogP contribution in [0.1, 0.15) is 31.7 Å². The zero-order valence-electron chi connectivity index (χ0n) is 14.3. The largest absolute Gasteiger partial charge is 1.00 e. The van der Waals surface area contributed by atoms with Gasteiger partial charge >= 0.3 is 144 Å². The van der Waals surface area contributed by atoms with E-state index in [0.717, 1.165) is 0 Å². The topological polar surface area (TPSA) is 0 Å². The summed E-state index contributed by atoms with van der Waals surface area (Å²) in [6.07, 6.45) is 6.25. The molecule has 0 amide bonds. The average Bonchev–Trinajstić information content (AvgIpc) is 2.98. The molecular formula is C20H22Cl3SiTi. The maximum atomic E-state index is 2.54. The SMILES string of the molecule is CCCC1=C(c2ccccc2)[C]([Ti+3][SiH2]c2ccccc2)=CC1.[Cl-].[Cl-].[Cl-]. The van der Waals surface area contributed by atoms with Crippen LogP contribution in [-0.4, -0.2) is 7.39 Å². The summed E-state index contributed by atoms with van der Waals surface area (Å²) in [7, 11) is -0.0916. The van der Waals surface area contributed by atoms with Crippen molar-refractivity contribution in [2.75, 3.05) is 0 Å². The molecule has 0 radical (unpaired) electrons. The van der Waals surface area contributed by atoms with Crippen LogP contribution in [0.4, 0.5) is 0 Å². The van der Waals surface area contributed by atoms with Gasteiger partial charge in [0.05, 0.1) is 0 Å². The first-order valence-corrected chi connectivity index (χ1v) is 13.6. The molecule has 0 unspecified atom stereocenters. The number of rotatable bonds is 6. The summed E-state index contributed by atoms with van der Waals surface area (Å²) in [6.45, 7) is 2.29. The first kappa shape index (κ1) is 24.7. The van der Waals surface area contributed by atoms with Crippen LogP contribution in [-0.2, 0) is 18.4 Å². The molecule has 0 spiro atoms. The third-order valence-corrected chi connectivity index (χ3v) is 10.8. The van der Waals surface area contributed by atoms with Gasteiger partial charge in [0, 0.05) is 0 Å². The Bertz CT molecular complexity index is 685. The third kappa shape index (κ3) is 6.75. The fourth-order valence-electron chi connectivity index (χ4n) is 3.07. The molecule has 0 bridgehead atoms. The van der Waals surface area contributed by atoms with Crippen molar-refractivity contribution in [3.63, 3.8) is 0 Å². The van der Waals surface area contributed by atoms with Crippen molar-refractivity contribution in [3.8, 4) is 0 Å². The Hall–Kier alpha value is -0.279. The Morgan fingerprint density at radius 1 is 0.880 bits per heavy atom. The summed E-state index contributed by atoms with van der Waals surface area (Å²) in [5.41, 5.74) is 4.74. The zero-order valence-corrected chi connectivity index (χ0v) is 19.6. The van der Waals surface area contributed by atoms with Crippen molar-refractivity contribution in [2.45, 2.75) is 26.2 Å². The van der Waals surface area contributed by atoms with Gasteiger partial charge in [-0.05, 0) is 0 Å². The Labute approximate surface area is 180 Å². The van der Waals surface area contributed by atoms with Crippen LogP contribution in [0.25, 0.3) is 5.57 Å². The van der Waals surface area contributed by atoms with Crippen LogP contribution in [0.5, 0.6) is 0 Å². The van der Waals surface area contributed by atoms with Crippen LogP contribution in [0.2, 0.25) is 0 Å². The van der Waals surface area contributed by atoms with E-state index in [1.807, 2.05) is 0 Å². The van der Waals surface area contributed by atoms with E-state index in [1.165, 1.54) is 24.8 Å². The summed E-state index contributed by atoms with van der Waals surface area (Å²) in [5.74, 6) is 0. The van der Waals surface area contributed by atoms with E-state index in [0.29, 0.717) is 0 Å². The van der Waals surface area contributed by atoms with Crippen LogP contribution < -0.4 is 42.4 Å². The number of hydrogen-bond acceptors (Lipinski definition) is 0. The van der Waals surface area contributed by atoms with Crippen molar-refractivity contribution in [3.05, 3.63) is 81.8 Å². The van der Waals surface area contributed by atoms with Gasteiger partial charge in [-0.1, -0.05) is 0 Å². The Kier molecular flexibility index (Phi) is 12.8. The van der Waals surface area contributed by atoms with Gasteiger partial charge in [-0.2, -0.15) is 0 Å². The summed E-state index contributed by atoms with van der Waals surface area (Å²) in [6, 6.07) is 22.2. The maximum absolute atomic E-state index is 2.54. The summed E-state index contributed by atoms with van der Waals surface area (Å²) < 4.78 is 1.73. The van der Waals surface area contributed by atoms with E-state index in [2.05, 4.69) is 73.7 Å². The van der Waals surface area contributed by atoms with Crippen molar-refractivity contribution in [2.24, 2.45) is 0 Å². The van der Waals surface area contributed by atoms with Crippen LogP contribution in [0.3, 0.4) is 0 Å². The van der Waals surface area contributed by atoms with Gasteiger partial charge < -0.3 is 37.2 Å². The van der Waals surface area contributed by atoms with E-state index >= 15 is 0 Å². The molecule has 131 valence electrons. The molecule has 5 heteroatoms. The number of allylic oxidation sites excluding steroid dienone is 4. The van der Waals surface area contributed by atoms with E-state index in [4.69, 9.17) is 0 Å². The zero-order chi connectivity index (χ0) is 15.2. The van der Waals surface area contributed by atoms with Crippen molar-refractivity contribution in [1.29, 1.82) is 0 Å². The fourth-order valence-corrected chi connectivity index (χ4v) is 9.41. The second-order valence-electron chi connectivity index (χ2n) is 5.76. The summed E-state index contributed by atoms with van der Waals surface area (Å²) in [4.78, 5) is 0. The molecule has 0 saturated carbocycles. The monoisotopic (exact) mass is 443 g/mol. The fraction of sp³-hybridized carbons (Fsp3) is 0.200. The predicted molar refractivity (Wildman–Crippen MR) is 95.6 cm³/mol. The molecule has 0 fully saturated rings. The molecule has 3 rings (SSSR count). The molecule has 25 heavy (non-hydrogen) atoms. The molecule has 0 saturated heterocycles. The molecule has 1 aliphatic carbocycles. The maximum Gasteiger partial charge on any atom is -1.00 e. The first-order chi connectivity index (χ1) is 10.9. The molecule has 0 nitrogen and oxygen atoms in total. The van der Waals surface area contributed by atoms with Crippen LogP contribution >= 0.6 is 0 Å². The standard InChI is InChI=1S/C14H15.C6H7Si.3ClH.Ti/c1-2-7-12-10-6-11-14(12)13-8-4-3-5-9-13;7-6-4-2-1-3-5-6;;;;/h3-6,8-9H,2,7,10H2,1H3;1-5H,7H2;3*1H;/q;;;;;+3/p-3. The molecule has 2 aromatic carbocycles. The molecular weight excluding hydrogens is 423 g/mol. The summed E-state index contributed by atoms with van der Waals surface area (Å²) in [5, 5.41) is 1.62. The van der Waals surface area contributed by atoms with Crippen molar-refractivity contribution < 1.29 is 55.6 Å². The number of hydrogen-bond donors (Lipinski definition) is 0. The molecule has 0 heterocycles. The van der Waals surface area contributed by atoms with E-state index in [-0.39, 0.29) is 63.0 Å². The quantitative estimate of drug-likeness (QED) is 0.392. The van der Waals surface area contributed by atoms with Crippen molar-refractivity contribution >= 4 is 18.1 Å². The third-order valence-electron chi connectivity index (χ3n) is 4.12. The van der Waals surface area contributed by atoms with Crippen molar-refractivity contribution in [1.82, 2.24) is 0 Å². The second kappa shape index (κ2) is 13.0. The Morgan fingerprint density at radius 3 is 2.08 bits per heavy atom. The average molecular weight is 445 g/mol. The minimum absolute atomic E-state index is 0. The molecule has 1 aliphatic rings. The number of halogens is 3. The van der Waals surface area contributed by atoms with Crippen LogP contribution in [0, 0.1) is 0 Å². The van der Waals surface area contributed by atoms with Gasteiger partial charge in [-0.15, -0.1) is 0 Å². The van der Waals surface area contributed by atoms with Gasteiger partial charge in [0.2, 0.25) is 0 Å². The first-order valence-electron chi connectivity index (χ1n) is 8.14. The molecule has 0 atom stereocenters. The Balaban J connectivity index is 0.00000192. The van der Waals surface area contributed by atoms with E-state index in [1.54, 1.807) is 20.2 Å². The second-order valence-corrected chi connectivity index (χ2v) is 11.4. The molecule has 0 N–H and O–H groups in total. The van der Waals surface area contributed by atoms with Gasteiger partial charge in [0.15, 0.2) is 0 Å². The van der Waals surface area contributed by atoms with E-state index < -0.39 is 0 Å². The van der Waals surface area contributed by atoms with E-state index in [9.17, 15) is 0 Å². The predicted octanol–water partition coefficient (Wildman–Crippen LogP) is -4.97. The Morgan fingerprint density at radius 2 is 1.48 bits per heavy atom. The van der Waals surface area contributed by atoms with Gasteiger partial charge in [-0.25, -0.2) is 0 Å². The smallest absolute Gasteiger partial charge is 1.00 e. The van der Waals surface area contributed by atoms with Gasteiger partial charge in [-0.3, -0.25) is 0 Å².